The van der Waals surface area contributed by atoms with Crippen LogP contribution in [0.1, 0.15) is 58.8 Å². The maximum absolute atomic E-state index is 5.32. The molecule has 2 heteroatoms. The SMILES string of the molecule is C1=Cc2c(c3ccccc3c3cc(C4=CC(c5cccc(-n6c7c(c8ccccc86)C=CCC7)n5)CC=C4)ccc23)CC1. The van der Waals surface area contributed by atoms with Gasteiger partial charge in [-0.15, -0.1) is 0 Å². The summed E-state index contributed by atoms with van der Waals surface area (Å²) >= 11 is 0. The molecule has 0 bridgehead atoms. The first-order valence-corrected chi connectivity index (χ1v) is 15.6. The van der Waals surface area contributed by atoms with Gasteiger partial charge in [0, 0.05) is 22.6 Å². The third kappa shape index (κ3) is 3.90. The van der Waals surface area contributed by atoms with E-state index in [1.54, 1.807) is 0 Å². The molecule has 0 fully saturated rings. The van der Waals surface area contributed by atoms with Gasteiger partial charge < -0.3 is 0 Å². The Bertz CT molecular complexity index is 2220. The lowest BCUT2D eigenvalue weighted by Crippen LogP contribution is -2.08. The number of nitrogens with zero attached hydrogens (tertiary/aromatic N) is 2. The monoisotopic (exact) mass is 552 g/mol. The lowest BCUT2D eigenvalue weighted by Gasteiger charge is -2.20. The van der Waals surface area contributed by atoms with Crippen molar-refractivity contribution in [2.24, 2.45) is 0 Å². The average Bonchev–Trinajstić information content (AvgIpc) is 3.43. The Kier molecular flexibility index (Phi) is 5.62. The van der Waals surface area contributed by atoms with Gasteiger partial charge >= 0.3 is 0 Å². The molecule has 0 saturated carbocycles. The van der Waals surface area contributed by atoms with Crippen molar-refractivity contribution in [1.29, 1.82) is 0 Å². The average molecular weight is 553 g/mol. The van der Waals surface area contributed by atoms with Crippen LogP contribution in [0.2, 0.25) is 0 Å². The third-order valence-corrected chi connectivity index (χ3v) is 9.64. The molecular formula is C41H32N2. The highest BCUT2D eigenvalue weighted by Gasteiger charge is 2.21. The van der Waals surface area contributed by atoms with E-state index in [1.165, 1.54) is 66.0 Å². The Morgan fingerprint density at radius 1 is 0.628 bits per heavy atom. The zero-order valence-corrected chi connectivity index (χ0v) is 24.1. The van der Waals surface area contributed by atoms with Crippen LogP contribution in [0.15, 0.2) is 115 Å². The van der Waals surface area contributed by atoms with Crippen LogP contribution in [0, 0.1) is 0 Å². The molecule has 3 aliphatic carbocycles. The standard InChI is InChI=1S/C41H32N2/c1-2-15-32-30(13-1)31-14-3-4-16-33(31)37-26-28(23-24-34(32)37)27-11-9-12-29(25-27)38-19-10-22-41(42-38)43-39-20-7-5-17-35(39)36-18-6-8-21-40(36)43/h2-7,9-11,14-20,22-26,29H,1,8,12-13,21H2. The molecule has 1 atom stereocenters. The van der Waals surface area contributed by atoms with E-state index < -0.39 is 0 Å². The Labute approximate surface area is 252 Å². The molecule has 1 unspecified atom stereocenters. The van der Waals surface area contributed by atoms with E-state index in [0.29, 0.717) is 0 Å². The van der Waals surface area contributed by atoms with Gasteiger partial charge in [0.15, 0.2) is 0 Å². The van der Waals surface area contributed by atoms with E-state index >= 15 is 0 Å². The first-order valence-electron chi connectivity index (χ1n) is 15.6. The van der Waals surface area contributed by atoms with Crippen LogP contribution < -0.4 is 0 Å². The maximum Gasteiger partial charge on any atom is 0.137 e. The maximum atomic E-state index is 5.32. The Balaban J connectivity index is 1.14. The number of aromatic nitrogens is 2. The summed E-state index contributed by atoms with van der Waals surface area (Å²) in [7, 11) is 0. The van der Waals surface area contributed by atoms with E-state index in [1.807, 2.05) is 0 Å². The van der Waals surface area contributed by atoms with E-state index in [-0.39, 0.29) is 5.92 Å². The zero-order chi connectivity index (χ0) is 28.3. The molecule has 43 heavy (non-hydrogen) atoms. The summed E-state index contributed by atoms with van der Waals surface area (Å²) in [6.07, 6.45) is 21.6. The second-order valence-electron chi connectivity index (χ2n) is 12.1. The van der Waals surface area contributed by atoms with Crippen LogP contribution in [0.5, 0.6) is 0 Å². The molecule has 2 heterocycles. The Morgan fingerprint density at radius 2 is 1.44 bits per heavy atom. The van der Waals surface area contributed by atoms with Crippen LogP contribution in [0.3, 0.4) is 0 Å². The van der Waals surface area contributed by atoms with Crippen molar-refractivity contribution in [3.63, 3.8) is 0 Å². The minimum Gasteiger partial charge on any atom is -0.298 e. The number of hydrogen-bond donors (Lipinski definition) is 0. The number of hydrogen-bond acceptors (Lipinski definition) is 1. The summed E-state index contributed by atoms with van der Waals surface area (Å²) in [5.41, 5.74) is 10.5. The first-order chi connectivity index (χ1) is 21.3. The van der Waals surface area contributed by atoms with Gasteiger partial charge in [0.1, 0.15) is 5.82 Å². The summed E-state index contributed by atoms with van der Waals surface area (Å²) in [5.74, 6) is 1.25. The molecule has 0 saturated heterocycles. The van der Waals surface area contributed by atoms with E-state index in [0.717, 1.165) is 43.6 Å². The molecule has 2 nitrogen and oxygen atoms in total. The predicted octanol–water partition coefficient (Wildman–Crippen LogP) is 10.4. The molecule has 2 aromatic heterocycles. The molecule has 0 N–H and O–H groups in total. The molecular weight excluding hydrogens is 520 g/mol. The lowest BCUT2D eigenvalue weighted by molar-refractivity contribution is 0.799. The minimum absolute atomic E-state index is 0.233. The van der Waals surface area contributed by atoms with Crippen molar-refractivity contribution < 1.29 is 0 Å². The van der Waals surface area contributed by atoms with Crippen molar-refractivity contribution in [2.75, 3.05) is 0 Å². The van der Waals surface area contributed by atoms with Gasteiger partial charge in [-0.25, -0.2) is 4.98 Å². The molecule has 3 aliphatic rings. The fourth-order valence-corrected chi connectivity index (χ4v) is 7.64. The number of pyridine rings is 1. The number of allylic oxidation sites excluding steroid dienone is 6. The van der Waals surface area contributed by atoms with Crippen LogP contribution in [0.25, 0.3) is 56.0 Å². The van der Waals surface area contributed by atoms with Gasteiger partial charge in [0.25, 0.3) is 0 Å². The molecule has 0 amide bonds. The van der Waals surface area contributed by atoms with Gasteiger partial charge in [-0.1, -0.05) is 103 Å². The van der Waals surface area contributed by atoms with E-state index in [9.17, 15) is 0 Å². The number of rotatable bonds is 3. The first kappa shape index (κ1) is 24.6. The van der Waals surface area contributed by atoms with E-state index in [4.69, 9.17) is 4.98 Å². The number of fused-ring (bicyclic) bond motifs is 9. The number of para-hydroxylation sites is 1. The van der Waals surface area contributed by atoms with Crippen molar-refractivity contribution in [3.05, 3.63) is 149 Å². The molecule has 6 aromatic rings. The summed E-state index contributed by atoms with van der Waals surface area (Å²) in [6, 6.07) is 31.3. The van der Waals surface area contributed by atoms with Crippen molar-refractivity contribution in [3.8, 4) is 5.82 Å². The molecule has 9 rings (SSSR count). The zero-order valence-electron chi connectivity index (χ0n) is 24.1. The summed E-state index contributed by atoms with van der Waals surface area (Å²) in [6.45, 7) is 0. The fraction of sp³-hybridized carbons (Fsp3) is 0.146. The number of aryl methyl sites for hydroxylation is 1. The van der Waals surface area contributed by atoms with Gasteiger partial charge in [0.2, 0.25) is 0 Å². The third-order valence-electron chi connectivity index (χ3n) is 9.64. The highest BCUT2D eigenvalue weighted by molar-refractivity contribution is 6.13. The van der Waals surface area contributed by atoms with Crippen molar-refractivity contribution in [2.45, 2.75) is 38.0 Å². The molecule has 0 aliphatic heterocycles. The second kappa shape index (κ2) is 9.81. The van der Waals surface area contributed by atoms with Crippen LogP contribution >= 0.6 is 0 Å². The summed E-state index contributed by atoms with van der Waals surface area (Å²) in [5, 5.41) is 6.76. The van der Waals surface area contributed by atoms with Crippen LogP contribution in [-0.4, -0.2) is 9.55 Å². The quantitative estimate of drug-likeness (QED) is 0.200. The molecule has 0 spiro atoms. The lowest BCUT2D eigenvalue weighted by atomic mass is 9.84. The van der Waals surface area contributed by atoms with E-state index in [2.05, 4.69) is 132 Å². The smallest absolute Gasteiger partial charge is 0.137 e. The molecule has 0 radical (unpaired) electrons. The predicted molar refractivity (Wildman–Crippen MR) is 182 cm³/mol. The van der Waals surface area contributed by atoms with Crippen molar-refractivity contribution >= 4 is 50.2 Å². The van der Waals surface area contributed by atoms with Gasteiger partial charge in [-0.3, -0.25) is 4.57 Å². The van der Waals surface area contributed by atoms with Gasteiger partial charge in [-0.05, 0) is 100 Å². The molecule has 4 aromatic carbocycles. The second-order valence-corrected chi connectivity index (χ2v) is 12.1. The fourth-order valence-electron chi connectivity index (χ4n) is 7.64. The van der Waals surface area contributed by atoms with Crippen molar-refractivity contribution in [1.82, 2.24) is 9.55 Å². The largest absolute Gasteiger partial charge is 0.298 e. The summed E-state index contributed by atoms with van der Waals surface area (Å²) in [4.78, 5) is 5.32. The number of benzene rings is 4. The van der Waals surface area contributed by atoms with Crippen LogP contribution in [-0.2, 0) is 12.8 Å². The van der Waals surface area contributed by atoms with Gasteiger partial charge in [0.05, 0.1) is 11.2 Å². The minimum atomic E-state index is 0.233. The molecule has 206 valence electrons. The topological polar surface area (TPSA) is 17.8 Å². The highest BCUT2D eigenvalue weighted by atomic mass is 15.1. The Morgan fingerprint density at radius 3 is 2.37 bits per heavy atom. The van der Waals surface area contributed by atoms with Gasteiger partial charge in [-0.2, -0.15) is 0 Å². The highest BCUT2D eigenvalue weighted by Crippen LogP contribution is 2.39. The summed E-state index contributed by atoms with van der Waals surface area (Å²) < 4.78 is 2.39. The normalized spacial score (nSPS) is 17.4. The van der Waals surface area contributed by atoms with Crippen LogP contribution in [0.4, 0.5) is 0 Å². The Hall–Kier alpha value is -4.95.